The van der Waals surface area contributed by atoms with E-state index in [0.717, 1.165) is 13.0 Å². The maximum Gasteiger partial charge on any atom is 0.221 e. The number of halogens is 1. The molecule has 1 amide bonds. The Morgan fingerprint density at radius 1 is 1.22 bits per heavy atom. The van der Waals surface area contributed by atoms with Crippen molar-refractivity contribution >= 4 is 18.3 Å². The monoisotopic (exact) mass is 270 g/mol. The van der Waals surface area contributed by atoms with Crippen molar-refractivity contribution in [2.45, 2.75) is 26.7 Å². The van der Waals surface area contributed by atoms with Crippen molar-refractivity contribution in [2.24, 2.45) is 0 Å². The predicted molar refractivity (Wildman–Crippen MR) is 78.4 cm³/mol. The zero-order chi connectivity index (χ0) is 12.7. The normalized spacial score (nSPS) is 9.72. The van der Waals surface area contributed by atoms with E-state index in [1.54, 1.807) is 0 Å². The Morgan fingerprint density at radius 3 is 2.56 bits per heavy atom. The van der Waals surface area contributed by atoms with Gasteiger partial charge in [0.2, 0.25) is 5.91 Å². The second kappa shape index (κ2) is 8.95. The molecule has 0 spiro atoms. The third kappa shape index (κ3) is 6.03. The summed E-state index contributed by atoms with van der Waals surface area (Å²) in [5.74, 6) is 0.115. The summed E-state index contributed by atoms with van der Waals surface area (Å²) in [5, 5.41) is 5.89. The van der Waals surface area contributed by atoms with Gasteiger partial charge in [-0.15, -0.1) is 12.4 Å². The van der Waals surface area contributed by atoms with Crippen molar-refractivity contribution in [3.8, 4) is 0 Å². The quantitative estimate of drug-likeness (QED) is 0.830. The first-order valence-corrected chi connectivity index (χ1v) is 6.11. The number of amides is 1. The molecule has 1 rings (SSSR count). The van der Waals surface area contributed by atoms with Crippen LogP contribution < -0.4 is 10.6 Å². The van der Waals surface area contributed by atoms with E-state index in [1.165, 1.54) is 16.7 Å². The molecule has 0 atom stereocenters. The fourth-order valence-electron chi connectivity index (χ4n) is 1.79. The van der Waals surface area contributed by atoms with E-state index in [1.807, 2.05) is 7.05 Å². The van der Waals surface area contributed by atoms with Gasteiger partial charge in [-0.1, -0.05) is 23.8 Å². The van der Waals surface area contributed by atoms with Crippen LogP contribution >= 0.6 is 12.4 Å². The molecule has 1 aromatic carbocycles. The second-order valence-electron chi connectivity index (χ2n) is 4.38. The van der Waals surface area contributed by atoms with E-state index in [9.17, 15) is 4.79 Å². The van der Waals surface area contributed by atoms with Crippen molar-refractivity contribution in [2.75, 3.05) is 20.1 Å². The van der Waals surface area contributed by atoms with Gasteiger partial charge in [-0.25, -0.2) is 0 Å². The summed E-state index contributed by atoms with van der Waals surface area (Å²) in [7, 11) is 1.85. The summed E-state index contributed by atoms with van der Waals surface area (Å²) in [4.78, 5) is 11.4. The van der Waals surface area contributed by atoms with Crippen LogP contribution in [0.1, 0.15) is 23.1 Å². The fourth-order valence-corrected chi connectivity index (χ4v) is 1.79. The van der Waals surface area contributed by atoms with Crippen LogP contribution in [0.4, 0.5) is 0 Å². The van der Waals surface area contributed by atoms with Gasteiger partial charge in [-0.3, -0.25) is 4.79 Å². The fraction of sp³-hybridized carbons (Fsp3) is 0.500. The van der Waals surface area contributed by atoms with E-state index >= 15 is 0 Å². The maximum absolute atomic E-state index is 11.4. The highest BCUT2D eigenvalue weighted by Gasteiger charge is 2.01. The third-order valence-electron chi connectivity index (χ3n) is 2.82. The Hall–Kier alpha value is -1.06. The molecule has 0 bridgehead atoms. The number of hydrogen-bond donors (Lipinski definition) is 2. The summed E-state index contributed by atoms with van der Waals surface area (Å²) >= 11 is 0. The van der Waals surface area contributed by atoms with E-state index in [0.29, 0.717) is 13.0 Å². The number of rotatable bonds is 6. The predicted octanol–water partition coefficient (Wildman–Crippen LogP) is 1.99. The number of benzene rings is 1. The minimum absolute atomic E-state index is 0. The molecule has 0 fully saturated rings. The largest absolute Gasteiger partial charge is 0.356 e. The number of carbonyl (C=O) groups excluding carboxylic acids is 1. The van der Waals surface area contributed by atoms with Gasteiger partial charge in [-0.2, -0.15) is 0 Å². The van der Waals surface area contributed by atoms with Crippen molar-refractivity contribution in [3.63, 3.8) is 0 Å². The van der Waals surface area contributed by atoms with Crippen LogP contribution in [-0.4, -0.2) is 26.0 Å². The molecule has 0 aliphatic heterocycles. The molecule has 4 heteroatoms. The zero-order valence-electron chi connectivity index (χ0n) is 11.4. The average molecular weight is 271 g/mol. The SMILES string of the molecule is CNCCC(=O)NCCc1ccc(C)cc1C.Cl. The molecule has 0 aliphatic rings. The molecular formula is C14H23ClN2O. The standard InChI is InChI=1S/C14H22N2O.ClH/c1-11-4-5-13(12(2)10-11)6-9-16-14(17)7-8-15-3;/h4-5,10,15H,6-9H2,1-3H3,(H,16,17);1H. The molecule has 3 nitrogen and oxygen atoms in total. The molecule has 0 aromatic heterocycles. The minimum Gasteiger partial charge on any atom is -0.356 e. The molecule has 0 saturated carbocycles. The molecule has 0 saturated heterocycles. The highest BCUT2D eigenvalue weighted by atomic mass is 35.5. The first-order valence-electron chi connectivity index (χ1n) is 6.11. The molecule has 2 N–H and O–H groups in total. The van der Waals surface area contributed by atoms with Crippen LogP contribution in [0.15, 0.2) is 18.2 Å². The van der Waals surface area contributed by atoms with E-state index in [-0.39, 0.29) is 18.3 Å². The van der Waals surface area contributed by atoms with Crippen molar-refractivity contribution in [1.82, 2.24) is 10.6 Å². The lowest BCUT2D eigenvalue weighted by atomic mass is 10.0. The van der Waals surface area contributed by atoms with Crippen LogP contribution in [0, 0.1) is 13.8 Å². The van der Waals surface area contributed by atoms with Gasteiger partial charge in [0.15, 0.2) is 0 Å². The molecule has 0 aliphatic carbocycles. The molecule has 18 heavy (non-hydrogen) atoms. The van der Waals surface area contributed by atoms with Crippen LogP contribution in [0.25, 0.3) is 0 Å². The van der Waals surface area contributed by atoms with Gasteiger partial charge in [0, 0.05) is 19.5 Å². The van der Waals surface area contributed by atoms with Gasteiger partial charge in [0.25, 0.3) is 0 Å². The number of carbonyl (C=O) groups is 1. The Labute approximate surface area is 116 Å². The highest BCUT2D eigenvalue weighted by Crippen LogP contribution is 2.10. The summed E-state index contributed by atoms with van der Waals surface area (Å²) in [6.45, 7) is 5.66. The second-order valence-corrected chi connectivity index (χ2v) is 4.38. The van der Waals surface area contributed by atoms with E-state index in [2.05, 4.69) is 42.7 Å². The molecule has 1 aromatic rings. The summed E-state index contributed by atoms with van der Waals surface area (Å²) in [5.41, 5.74) is 3.89. The van der Waals surface area contributed by atoms with Crippen LogP contribution in [-0.2, 0) is 11.2 Å². The topological polar surface area (TPSA) is 41.1 Å². The first kappa shape index (κ1) is 16.9. The van der Waals surface area contributed by atoms with E-state index < -0.39 is 0 Å². The van der Waals surface area contributed by atoms with Crippen LogP contribution in [0.5, 0.6) is 0 Å². The van der Waals surface area contributed by atoms with E-state index in [4.69, 9.17) is 0 Å². The maximum atomic E-state index is 11.4. The summed E-state index contributed by atoms with van der Waals surface area (Å²) < 4.78 is 0. The summed E-state index contributed by atoms with van der Waals surface area (Å²) in [6.07, 6.45) is 1.45. The minimum atomic E-state index is 0. The van der Waals surface area contributed by atoms with Crippen molar-refractivity contribution in [3.05, 3.63) is 34.9 Å². The molecule has 102 valence electrons. The Balaban J connectivity index is 0.00000289. The van der Waals surface area contributed by atoms with Gasteiger partial charge in [0.05, 0.1) is 0 Å². The van der Waals surface area contributed by atoms with Gasteiger partial charge < -0.3 is 10.6 Å². The molecule has 0 radical (unpaired) electrons. The Bertz CT molecular complexity index is 380. The van der Waals surface area contributed by atoms with Crippen molar-refractivity contribution in [1.29, 1.82) is 0 Å². The lowest BCUT2D eigenvalue weighted by Gasteiger charge is -2.08. The Morgan fingerprint density at radius 2 is 1.94 bits per heavy atom. The molecule has 0 unspecified atom stereocenters. The first-order chi connectivity index (χ1) is 8.13. The number of aryl methyl sites for hydroxylation is 2. The smallest absolute Gasteiger partial charge is 0.221 e. The number of hydrogen-bond acceptors (Lipinski definition) is 2. The third-order valence-corrected chi connectivity index (χ3v) is 2.82. The molecule has 0 heterocycles. The van der Waals surface area contributed by atoms with Gasteiger partial charge in [-0.05, 0) is 38.4 Å². The lowest BCUT2D eigenvalue weighted by molar-refractivity contribution is -0.120. The number of nitrogens with one attached hydrogen (secondary N) is 2. The average Bonchev–Trinajstić information content (AvgIpc) is 2.29. The lowest BCUT2D eigenvalue weighted by Crippen LogP contribution is -2.28. The molecular weight excluding hydrogens is 248 g/mol. The van der Waals surface area contributed by atoms with Gasteiger partial charge in [0.1, 0.15) is 0 Å². The van der Waals surface area contributed by atoms with Gasteiger partial charge >= 0.3 is 0 Å². The van der Waals surface area contributed by atoms with Crippen molar-refractivity contribution < 1.29 is 4.79 Å². The van der Waals surface area contributed by atoms with Crippen LogP contribution in [0.3, 0.4) is 0 Å². The summed E-state index contributed by atoms with van der Waals surface area (Å²) in [6, 6.07) is 6.44. The highest BCUT2D eigenvalue weighted by molar-refractivity contribution is 5.85. The zero-order valence-corrected chi connectivity index (χ0v) is 12.2. The Kier molecular flexibility index (Phi) is 8.42. The van der Waals surface area contributed by atoms with Crippen LogP contribution in [0.2, 0.25) is 0 Å².